The molecule has 0 aliphatic carbocycles. The number of amides is 1. The fourth-order valence-electron chi connectivity index (χ4n) is 4.39. The summed E-state index contributed by atoms with van der Waals surface area (Å²) in [6.07, 6.45) is 3.41. The van der Waals surface area contributed by atoms with E-state index in [4.69, 9.17) is 4.74 Å². The van der Waals surface area contributed by atoms with Gasteiger partial charge < -0.3 is 25.2 Å². The molecule has 2 aromatic heterocycles. The van der Waals surface area contributed by atoms with Crippen molar-refractivity contribution >= 4 is 17.8 Å². The van der Waals surface area contributed by atoms with E-state index in [2.05, 4.69) is 25.9 Å². The third kappa shape index (κ3) is 6.29. The number of aliphatic carboxylic acids is 1. The summed E-state index contributed by atoms with van der Waals surface area (Å²) in [5.74, 6) is -1.74. The van der Waals surface area contributed by atoms with Gasteiger partial charge in [-0.3, -0.25) is 4.79 Å². The van der Waals surface area contributed by atoms with Crippen LogP contribution in [0.2, 0.25) is 0 Å². The molecule has 0 spiro atoms. The second kappa shape index (κ2) is 12.1. The highest BCUT2D eigenvalue weighted by Gasteiger charge is 2.26. The van der Waals surface area contributed by atoms with Crippen molar-refractivity contribution in [1.82, 2.24) is 40.2 Å². The Labute approximate surface area is 224 Å². The Balaban J connectivity index is 1.76. The number of esters is 1. The molecule has 1 aliphatic rings. The van der Waals surface area contributed by atoms with Gasteiger partial charge in [-0.1, -0.05) is 24.3 Å². The largest absolute Gasteiger partial charge is 0.480 e. The fourth-order valence-corrected chi connectivity index (χ4v) is 4.39. The summed E-state index contributed by atoms with van der Waals surface area (Å²) in [6.45, 7) is 5.80. The van der Waals surface area contributed by atoms with E-state index in [1.165, 1.54) is 22.7 Å². The third-order valence-corrected chi connectivity index (χ3v) is 6.46. The Morgan fingerprint density at radius 1 is 0.974 bits per heavy atom. The molecule has 3 N–H and O–H groups in total. The summed E-state index contributed by atoms with van der Waals surface area (Å²) < 4.78 is 7.25. The van der Waals surface area contributed by atoms with Crippen LogP contribution in [0.5, 0.6) is 0 Å². The van der Waals surface area contributed by atoms with Gasteiger partial charge >= 0.3 is 11.9 Å². The van der Waals surface area contributed by atoms with Crippen LogP contribution in [0, 0.1) is 5.92 Å². The van der Waals surface area contributed by atoms with Gasteiger partial charge in [0.25, 0.3) is 5.91 Å². The average Bonchev–Trinajstić information content (AvgIpc) is 3.62. The van der Waals surface area contributed by atoms with Crippen LogP contribution in [0.3, 0.4) is 0 Å². The smallest absolute Gasteiger partial charge is 0.333 e. The number of carboxylic acid groups (broad SMARTS) is 1. The number of hydrogen-bond acceptors (Lipinski definition) is 10. The first-order chi connectivity index (χ1) is 18.7. The van der Waals surface area contributed by atoms with Gasteiger partial charge in [-0.25, -0.2) is 19.0 Å². The zero-order valence-corrected chi connectivity index (χ0v) is 22.0. The molecule has 3 heterocycles. The number of piperazine rings is 1. The summed E-state index contributed by atoms with van der Waals surface area (Å²) in [7, 11) is 1.21. The van der Waals surface area contributed by atoms with Gasteiger partial charge in [-0.2, -0.15) is 0 Å². The summed E-state index contributed by atoms with van der Waals surface area (Å²) in [5.41, 5.74) is 2.18. The van der Waals surface area contributed by atoms with Crippen LogP contribution in [-0.2, 0) is 14.3 Å². The molecule has 208 valence electrons. The van der Waals surface area contributed by atoms with Gasteiger partial charge in [0, 0.05) is 42.9 Å². The molecule has 39 heavy (non-hydrogen) atoms. The van der Waals surface area contributed by atoms with E-state index in [1.807, 2.05) is 13.8 Å². The van der Waals surface area contributed by atoms with E-state index in [0.29, 0.717) is 60.7 Å². The number of nitrogens with one attached hydrogen (secondary N) is 1. The lowest BCUT2D eigenvalue weighted by Crippen LogP contribution is -2.46. The molecule has 14 nitrogen and oxygen atoms in total. The number of ether oxygens (including phenoxy) is 1. The number of hydrogen-bond donors (Lipinski definition) is 3. The number of methoxy groups -OCH3 is 1. The van der Waals surface area contributed by atoms with Crippen LogP contribution in [0.25, 0.3) is 22.5 Å². The Morgan fingerprint density at radius 2 is 1.54 bits per heavy atom. The van der Waals surface area contributed by atoms with Crippen LogP contribution in [-0.4, -0.2) is 103 Å². The number of nitrogens with zero attached hydrogens (tertiary/aromatic N) is 7. The minimum Gasteiger partial charge on any atom is -0.480 e. The second-order valence-electron chi connectivity index (χ2n) is 9.71. The lowest BCUT2D eigenvalue weighted by atomic mass is 10.0. The van der Waals surface area contributed by atoms with E-state index >= 15 is 0 Å². The van der Waals surface area contributed by atoms with Crippen molar-refractivity contribution in [3.63, 3.8) is 0 Å². The van der Waals surface area contributed by atoms with Crippen molar-refractivity contribution in [2.75, 3.05) is 39.9 Å². The first kappa shape index (κ1) is 27.9. The van der Waals surface area contributed by atoms with Crippen molar-refractivity contribution in [1.29, 1.82) is 0 Å². The second-order valence-corrected chi connectivity index (χ2v) is 9.71. The molecule has 1 aliphatic heterocycles. The molecule has 0 saturated carbocycles. The number of aliphatic hydroxyl groups is 1. The predicted octanol–water partition coefficient (Wildman–Crippen LogP) is 0.627. The van der Waals surface area contributed by atoms with Gasteiger partial charge in [-0.15, -0.1) is 10.2 Å². The van der Waals surface area contributed by atoms with Crippen molar-refractivity contribution in [2.45, 2.75) is 32.4 Å². The maximum absolute atomic E-state index is 13.4. The molecular weight excluding hydrogens is 508 g/mol. The summed E-state index contributed by atoms with van der Waals surface area (Å²) in [5, 5.41) is 39.0. The highest BCUT2D eigenvalue weighted by Crippen LogP contribution is 2.29. The molecule has 4 rings (SSSR count). The number of aliphatic hydroxyl groups excluding tert-OH is 1. The summed E-state index contributed by atoms with van der Waals surface area (Å²) in [4.78, 5) is 39.1. The summed E-state index contributed by atoms with van der Waals surface area (Å²) >= 11 is 0. The Morgan fingerprint density at radius 3 is 2.03 bits per heavy atom. The fraction of sp³-hybridized carbons (Fsp3) is 0.480. The number of benzene rings is 1. The van der Waals surface area contributed by atoms with Gasteiger partial charge in [0.05, 0.1) is 26.1 Å². The van der Waals surface area contributed by atoms with Crippen LogP contribution < -0.4 is 5.32 Å². The molecule has 14 heteroatoms. The van der Waals surface area contributed by atoms with Crippen LogP contribution >= 0.6 is 0 Å². The van der Waals surface area contributed by atoms with Crippen molar-refractivity contribution in [3.8, 4) is 22.5 Å². The number of carbonyl (C=O) groups excluding carboxylic acids is 2. The van der Waals surface area contributed by atoms with E-state index in [-0.39, 0.29) is 11.8 Å². The molecule has 0 bridgehead atoms. The van der Waals surface area contributed by atoms with Crippen LogP contribution in [0.1, 0.15) is 42.7 Å². The Hall–Kier alpha value is -4.17. The standard InChI is InChI=1S/C25H32N8O6/c1-15(2)8-21(24(36)37)32-12-19(27-29-32)16-9-17(11-18(10-16)23(35)31-6-4-26-5-7-31)20-13-33(30-28-20)22(14-34)25(38)39-3/h9-13,15,21-22,26,34H,4-8,14H2,1-3H3,(H,36,37)/t21-,22-/m0/s1. The van der Waals surface area contributed by atoms with E-state index in [0.717, 1.165) is 0 Å². The quantitative estimate of drug-likeness (QED) is 0.307. The van der Waals surface area contributed by atoms with Gasteiger partial charge in [0.2, 0.25) is 0 Å². The van der Waals surface area contributed by atoms with E-state index in [9.17, 15) is 24.6 Å². The van der Waals surface area contributed by atoms with E-state index in [1.54, 1.807) is 29.3 Å². The van der Waals surface area contributed by atoms with Gasteiger partial charge in [0.1, 0.15) is 11.4 Å². The topological polar surface area (TPSA) is 178 Å². The number of carboxylic acids is 1. The SMILES string of the molecule is COC(=O)[C@H](CO)n1cc(-c2cc(C(=O)N3CCNCC3)cc(-c3cn([C@@H](CC(C)C)C(=O)O)nn3)c2)nn1. The average molecular weight is 541 g/mol. The van der Waals surface area contributed by atoms with Crippen molar-refractivity contribution in [3.05, 3.63) is 36.2 Å². The lowest BCUT2D eigenvalue weighted by Gasteiger charge is -2.27. The zero-order valence-electron chi connectivity index (χ0n) is 22.0. The lowest BCUT2D eigenvalue weighted by molar-refractivity contribution is -0.146. The third-order valence-electron chi connectivity index (χ3n) is 6.46. The molecule has 1 fully saturated rings. The number of rotatable bonds is 10. The molecule has 0 radical (unpaired) electrons. The van der Waals surface area contributed by atoms with E-state index < -0.39 is 30.6 Å². The maximum Gasteiger partial charge on any atom is 0.333 e. The molecule has 1 aromatic carbocycles. The normalized spacial score (nSPS) is 15.3. The minimum atomic E-state index is -1.07. The summed E-state index contributed by atoms with van der Waals surface area (Å²) in [6, 6.07) is 3.15. The number of aromatic nitrogens is 6. The maximum atomic E-state index is 13.4. The molecule has 3 aromatic rings. The predicted molar refractivity (Wildman–Crippen MR) is 138 cm³/mol. The zero-order chi connectivity index (χ0) is 28.1. The highest BCUT2D eigenvalue weighted by atomic mass is 16.5. The van der Waals surface area contributed by atoms with Crippen LogP contribution in [0.4, 0.5) is 0 Å². The Kier molecular flexibility index (Phi) is 8.66. The molecule has 0 unspecified atom stereocenters. The first-order valence-electron chi connectivity index (χ1n) is 12.6. The highest BCUT2D eigenvalue weighted by molar-refractivity contribution is 5.97. The van der Waals surface area contributed by atoms with Gasteiger partial charge in [0.15, 0.2) is 12.1 Å². The first-order valence-corrected chi connectivity index (χ1v) is 12.6. The van der Waals surface area contributed by atoms with Crippen LogP contribution in [0.15, 0.2) is 30.6 Å². The molecular formula is C25H32N8O6. The number of carbonyl (C=O) groups is 3. The molecule has 2 atom stereocenters. The molecule has 1 saturated heterocycles. The van der Waals surface area contributed by atoms with Gasteiger partial charge in [-0.05, 0) is 30.5 Å². The van der Waals surface area contributed by atoms with Crippen molar-refractivity contribution in [2.24, 2.45) is 5.92 Å². The van der Waals surface area contributed by atoms with Crippen molar-refractivity contribution < 1.29 is 29.3 Å². The minimum absolute atomic E-state index is 0.126. The monoisotopic (exact) mass is 540 g/mol. The molecule has 1 amide bonds. The Bertz CT molecular complexity index is 1330.